The molecule has 6 nitrogen and oxygen atoms in total. The second-order valence-electron chi connectivity index (χ2n) is 6.02. The van der Waals surface area contributed by atoms with Crippen LogP contribution in [-0.4, -0.2) is 26.4 Å². The van der Waals surface area contributed by atoms with Crippen LogP contribution < -0.4 is 5.56 Å². The Labute approximate surface area is 137 Å². The number of nitrogens with zero attached hydrogens (tertiary/aromatic N) is 4. The number of aryl methyl sites for hydroxylation is 2. The SMILES string of the molecule is Cc1nn(CN2CCCC2c2ccsc2)c(=O)c2noc(C)c12. The largest absolute Gasteiger partial charge is 0.360 e. The second-order valence-corrected chi connectivity index (χ2v) is 6.80. The Morgan fingerprint density at radius 1 is 1.43 bits per heavy atom. The summed E-state index contributed by atoms with van der Waals surface area (Å²) in [7, 11) is 0. The van der Waals surface area contributed by atoms with E-state index >= 15 is 0 Å². The maximum atomic E-state index is 12.6. The first-order valence-corrected chi connectivity index (χ1v) is 8.69. The van der Waals surface area contributed by atoms with Gasteiger partial charge in [-0.3, -0.25) is 9.69 Å². The average molecular weight is 330 g/mol. The summed E-state index contributed by atoms with van der Waals surface area (Å²) in [5.74, 6) is 0.645. The second kappa shape index (κ2) is 5.58. The van der Waals surface area contributed by atoms with Crippen molar-refractivity contribution in [2.75, 3.05) is 6.54 Å². The van der Waals surface area contributed by atoms with Gasteiger partial charge in [-0.25, -0.2) is 4.68 Å². The summed E-state index contributed by atoms with van der Waals surface area (Å²) in [5, 5.41) is 13.4. The van der Waals surface area contributed by atoms with Gasteiger partial charge in [0, 0.05) is 12.6 Å². The molecule has 1 unspecified atom stereocenters. The molecule has 7 heteroatoms. The van der Waals surface area contributed by atoms with Crippen LogP contribution in [0.2, 0.25) is 0 Å². The first kappa shape index (κ1) is 14.6. The summed E-state index contributed by atoms with van der Waals surface area (Å²) < 4.78 is 6.68. The lowest BCUT2D eigenvalue weighted by molar-refractivity contribution is 0.187. The van der Waals surface area contributed by atoms with E-state index < -0.39 is 0 Å². The van der Waals surface area contributed by atoms with Crippen LogP contribution in [0.25, 0.3) is 10.9 Å². The Kier molecular flexibility index (Phi) is 3.54. The lowest BCUT2D eigenvalue weighted by Gasteiger charge is -2.24. The molecule has 0 radical (unpaired) electrons. The normalized spacial score (nSPS) is 19.0. The van der Waals surface area contributed by atoms with Crippen LogP contribution in [0, 0.1) is 13.8 Å². The number of hydrogen-bond donors (Lipinski definition) is 0. The third-order valence-corrected chi connectivity index (χ3v) is 5.24. The zero-order valence-corrected chi connectivity index (χ0v) is 14.0. The fourth-order valence-electron chi connectivity index (χ4n) is 3.45. The molecular formula is C16H18N4O2S. The Balaban J connectivity index is 1.70. The molecular weight excluding hydrogens is 312 g/mol. The summed E-state index contributed by atoms with van der Waals surface area (Å²) in [6.45, 7) is 5.16. The van der Waals surface area contributed by atoms with Gasteiger partial charge in [0.25, 0.3) is 5.56 Å². The lowest BCUT2D eigenvalue weighted by Crippen LogP contribution is -2.34. The topological polar surface area (TPSA) is 64.2 Å². The molecule has 0 saturated carbocycles. The molecule has 0 N–H and O–H groups in total. The van der Waals surface area contributed by atoms with Crippen LogP contribution in [0.5, 0.6) is 0 Å². The molecule has 0 aliphatic carbocycles. The number of fused-ring (bicyclic) bond motifs is 1. The van der Waals surface area contributed by atoms with E-state index in [4.69, 9.17) is 4.52 Å². The zero-order valence-electron chi connectivity index (χ0n) is 13.2. The first-order chi connectivity index (χ1) is 11.1. The van der Waals surface area contributed by atoms with E-state index in [9.17, 15) is 4.79 Å². The summed E-state index contributed by atoms with van der Waals surface area (Å²) in [5.41, 5.74) is 2.31. The van der Waals surface area contributed by atoms with Gasteiger partial charge >= 0.3 is 0 Å². The minimum Gasteiger partial charge on any atom is -0.360 e. The van der Waals surface area contributed by atoms with Gasteiger partial charge in [-0.1, -0.05) is 5.16 Å². The highest BCUT2D eigenvalue weighted by Crippen LogP contribution is 2.33. The van der Waals surface area contributed by atoms with Crippen molar-refractivity contribution in [1.82, 2.24) is 19.8 Å². The minimum atomic E-state index is -0.182. The molecule has 1 aliphatic heterocycles. The third-order valence-electron chi connectivity index (χ3n) is 4.54. The molecule has 1 fully saturated rings. The van der Waals surface area contributed by atoms with Gasteiger partial charge in [0.15, 0.2) is 5.52 Å². The van der Waals surface area contributed by atoms with Crippen molar-refractivity contribution in [2.45, 2.75) is 39.4 Å². The molecule has 4 heterocycles. The van der Waals surface area contributed by atoms with Gasteiger partial charge in [0.05, 0.1) is 17.7 Å². The van der Waals surface area contributed by atoms with Crippen molar-refractivity contribution in [2.24, 2.45) is 0 Å². The summed E-state index contributed by atoms with van der Waals surface area (Å²) in [6, 6.07) is 2.53. The van der Waals surface area contributed by atoms with Gasteiger partial charge in [0.2, 0.25) is 0 Å². The van der Waals surface area contributed by atoms with Crippen molar-refractivity contribution in [3.05, 3.63) is 44.2 Å². The lowest BCUT2D eigenvalue weighted by atomic mass is 10.1. The Hall–Kier alpha value is -1.99. The minimum absolute atomic E-state index is 0.182. The Morgan fingerprint density at radius 3 is 3.09 bits per heavy atom. The summed E-state index contributed by atoms with van der Waals surface area (Å²) in [4.78, 5) is 14.9. The summed E-state index contributed by atoms with van der Waals surface area (Å²) >= 11 is 1.71. The van der Waals surface area contributed by atoms with Gasteiger partial charge in [-0.2, -0.15) is 16.4 Å². The first-order valence-electron chi connectivity index (χ1n) is 7.75. The molecule has 4 rings (SSSR count). The fraction of sp³-hybridized carbons (Fsp3) is 0.438. The maximum Gasteiger partial charge on any atom is 0.298 e. The van der Waals surface area contributed by atoms with Gasteiger partial charge < -0.3 is 4.52 Å². The highest BCUT2D eigenvalue weighted by molar-refractivity contribution is 7.07. The highest BCUT2D eigenvalue weighted by Gasteiger charge is 2.27. The fourth-order valence-corrected chi connectivity index (χ4v) is 4.16. The van der Waals surface area contributed by atoms with E-state index in [0.717, 1.165) is 30.5 Å². The van der Waals surface area contributed by atoms with Crippen LogP contribution in [0.3, 0.4) is 0 Å². The van der Waals surface area contributed by atoms with E-state index in [-0.39, 0.29) is 5.56 Å². The van der Waals surface area contributed by atoms with Crippen molar-refractivity contribution in [3.8, 4) is 0 Å². The predicted octanol–water partition coefficient (Wildman–Crippen LogP) is 2.86. The maximum absolute atomic E-state index is 12.6. The van der Waals surface area contributed by atoms with Crippen LogP contribution in [-0.2, 0) is 6.67 Å². The van der Waals surface area contributed by atoms with Crippen LogP contribution >= 0.6 is 11.3 Å². The number of hydrogen-bond acceptors (Lipinski definition) is 6. The van der Waals surface area contributed by atoms with E-state index in [1.807, 2.05) is 6.92 Å². The number of thiophene rings is 1. The van der Waals surface area contributed by atoms with Crippen molar-refractivity contribution in [1.29, 1.82) is 0 Å². The van der Waals surface area contributed by atoms with E-state index in [1.54, 1.807) is 18.3 Å². The average Bonchev–Trinajstić information content (AvgIpc) is 3.24. The molecule has 3 aromatic heterocycles. The standard InChI is InChI=1S/C16H18N4O2S/c1-10-14-11(2)22-18-15(14)16(21)20(17-10)9-19-6-3-4-13(19)12-5-7-23-8-12/h5,7-8,13H,3-4,6,9H2,1-2H3. The summed E-state index contributed by atoms with van der Waals surface area (Å²) in [6.07, 6.45) is 2.26. The van der Waals surface area contributed by atoms with Crippen LogP contribution in [0.15, 0.2) is 26.1 Å². The molecule has 0 bridgehead atoms. The van der Waals surface area contributed by atoms with E-state index in [1.165, 1.54) is 10.2 Å². The number of aromatic nitrogens is 3. The van der Waals surface area contributed by atoms with Crippen LogP contribution in [0.4, 0.5) is 0 Å². The molecule has 0 spiro atoms. The molecule has 1 aliphatic rings. The predicted molar refractivity (Wildman–Crippen MR) is 88.5 cm³/mol. The van der Waals surface area contributed by atoms with Crippen molar-refractivity contribution >= 4 is 22.2 Å². The van der Waals surface area contributed by atoms with Crippen molar-refractivity contribution < 1.29 is 4.52 Å². The van der Waals surface area contributed by atoms with Gasteiger partial charge in [0.1, 0.15) is 5.76 Å². The number of likely N-dealkylation sites (tertiary alicyclic amines) is 1. The molecule has 1 saturated heterocycles. The monoisotopic (exact) mass is 330 g/mol. The molecule has 3 aromatic rings. The van der Waals surface area contributed by atoms with Crippen LogP contribution in [0.1, 0.15) is 35.9 Å². The molecule has 120 valence electrons. The van der Waals surface area contributed by atoms with Crippen molar-refractivity contribution in [3.63, 3.8) is 0 Å². The van der Waals surface area contributed by atoms with E-state index in [0.29, 0.717) is 24.0 Å². The highest BCUT2D eigenvalue weighted by atomic mass is 32.1. The Morgan fingerprint density at radius 2 is 2.30 bits per heavy atom. The quantitative estimate of drug-likeness (QED) is 0.739. The molecule has 1 atom stereocenters. The van der Waals surface area contributed by atoms with E-state index in [2.05, 4.69) is 32.0 Å². The number of rotatable bonds is 3. The molecule has 23 heavy (non-hydrogen) atoms. The van der Waals surface area contributed by atoms with Gasteiger partial charge in [-0.15, -0.1) is 0 Å². The Bertz CT molecular complexity index is 897. The molecule has 0 amide bonds. The van der Waals surface area contributed by atoms with Gasteiger partial charge in [-0.05, 0) is 49.1 Å². The smallest absolute Gasteiger partial charge is 0.298 e. The third kappa shape index (κ3) is 2.40. The zero-order chi connectivity index (χ0) is 16.0. The molecule has 0 aromatic carbocycles.